The zero-order valence-electron chi connectivity index (χ0n) is 17.6. The predicted octanol–water partition coefficient (Wildman–Crippen LogP) is 3.95. The molecule has 0 radical (unpaired) electrons. The van der Waals surface area contributed by atoms with Gasteiger partial charge in [-0.2, -0.15) is 4.31 Å². The minimum absolute atomic E-state index is 0.0358. The van der Waals surface area contributed by atoms with Crippen molar-refractivity contribution in [3.63, 3.8) is 0 Å². The summed E-state index contributed by atoms with van der Waals surface area (Å²) in [5, 5.41) is 11.2. The molecule has 6 nitrogen and oxygen atoms in total. The number of rotatable bonds is 5. The average Bonchev–Trinajstić information content (AvgIpc) is 2.84. The van der Waals surface area contributed by atoms with Crippen molar-refractivity contribution in [1.29, 1.82) is 0 Å². The number of fused-ring (bicyclic) bond motifs is 1. The minimum atomic E-state index is -3.33. The fraction of sp³-hybridized carbons (Fsp3) is 0.200. The van der Waals surface area contributed by atoms with Crippen molar-refractivity contribution in [1.82, 2.24) is 14.5 Å². The van der Waals surface area contributed by atoms with Crippen molar-refractivity contribution < 1.29 is 8.42 Å². The molecule has 0 aliphatic carbocycles. The lowest BCUT2D eigenvalue weighted by molar-refractivity contribution is 0.383. The van der Waals surface area contributed by atoms with Crippen LogP contribution in [-0.2, 0) is 15.8 Å². The number of sulfonamides is 1. The van der Waals surface area contributed by atoms with E-state index in [-0.39, 0.29) is 5.75 Å². The van der Waals surface area contributed by atoms with E-state index in [1.54, 1.807) is 4.31 Å². The molecular weight excluding hydrogens is 420 g/mol. The third-order valence-electron chi connectivity index (χ3n) is 5.84. The van der Waals surface area contributed by atoms with Gasteiger partial charge in [-0.05, 0) is 34.5 Å². The average molecular weight is 445 g/mol. The van der Waals surface area contributed by atoms with Crippen LogP contribution in [0.5, 0.6) is 0 Å². The Hall–Kier alpha value is -3.29. The van der Waals surface area contributed by atoms with Crippen molar-refractivity contribution in [2.24, 2.45) is 0 Å². The maximum Gasteiger partial charge on any atom is 0.218 e. The smallest absolute Gasteiger partial charge is 0.218 e. The molecule has 5 rings (SSSR count). The molecule has 0 bridgehead atoms. The molecule has 162 valence electrons. The molecule has 0 amide bonds. The van der Waals surface area contributed by atoms with Crippen LogP contribution < -0.4 is 4.90 Å². The van der Waals surface area contributed by atoms with E-state index >= 15 is 0 Å². The van der Waals surface area contributed by atoms with Gasteiger partial charge in [0.2, 0.25) is 10.0 Å². The minimum Gasteiger partial charge on any atom is -0.352 e. The molecule has 1 saturated heterocycles. The maximum absolute atomic E-state index is 12.8. The SMILES string of the molecule is O=S(=O)(Cc1ccccc1)N1CCN(c2ccc(-c3ccc4ccccc4c3)nn2)CC1. The number of hydrogen-bond donors (Lipinski definition) is 0. The van der Waals surface area contributed by atoms with Gasteiger partial charge in [0.25, 0.3) is 0 Å². The van der Waals surface area contributed by atoms with E-state index in [1.165, 1.54) is 10.8 Å². The summed E-state index contributed by atoms with van der Waals surface area (Å²) in [6, 6.07) is 27.8. The fourth-order valence-electron chi connectivity index (χ4n) is 4.07. The third-order valence-corrected chi connectivity index (χ3v) is 7.69. The first kappa shape index (κ1) is 20.6. The van der Waals surface area contributed by atoms with Crippen molar-refractivity contribution in [2.75, 3.05) is 31.1 Å². The Kier molecular flexibility index (Phi) is 5.59. The van der Waals surface area contributed by atoms with E-state index in [4.69, 9.17) is 0 Å². The molecule has 1 aliphatic heterocycles. The number of nitrogens with zero attached hydrogens (tertiary/aromatic N) is 4. The molecule has 0 spiro atoms. The molecule has 1 aliphatic rings. The summed E-state index contributed by atoms with van der Waals surface area (Å²) in [4.78, 5) is 2.09. The van der Waals surface area contributed by atoms with Gasteiger partial charge in [-0.3, -0.25) is 0 Å². The topological polar surface area (TPSA) is 66.4 Å². The van der Waals surface area contributed by atoms with Gasteiger partial charge in [0.1, 0.15) is 0 Å². The molecule has 0 saturated carbocycles. The maximum atomic E-state index is 12.8. The second kappa shape index (κ2) is 8.68. The van der Waals surface area contributed by atoms with Gasteiger partial charge in [0, 0.05) is 31.7 Å². The fourth-order valence-corrected chi connectivity index (χ4v) is 5.58. The van der Waals surface area contributed by atoms with E-state index in [1.807, 2.05) is 54.6 Å². The lowest BCUT2D eigenvalue weighted by Gasteiger charge is -2.34. The van der Waals surface area contributed by atoms with E-state index in [0.29, 0.717) is 26.2 Å². The standard InChI is InChI=1S/C25H24N4O2S/c30-32(31,19-20-6-2-1-3-7-20)29-16-14-28(15-17-29)25-13-12-24(26-27-25)23-11-10-21-8-4-5-9-22(21)18-23/h1-13,18H,14-17,19H2. The summed E-state index contributed by atoms with van der Waals surface area (Å²) < 4.78 is 27.1. The summed E-state index contributed by atoms with van der Waals surface area (Å²) in [7, 11) is -3.33. The van der Waals surface area contributed by atoms with Crippen molar-refractivity contribution in [3.8, 4) is 11.3 Å². The number of benzene rings is 3. The van der Waals surface area contributed by atoms with Crippen LogP contribution in [0.3, 0.4) is 0 Å². The van der Waals surface area contributed by atoms with E-state index < -0.39 is 10.0 Å². The Balaban J connectivity index is 1.25. The van der Waals surface area contributed by atoms with Crippen molar-refractivity contribution in [3.05, 3.63) is 90.5 Å². The van der Waals surface area contributed by atoms with Crippen LogP contribution in [0.4, 0.5) is 5.82 Å². The van der Waals surface area contributed by atoms with Crippen LogP contribution in [0.2, 0.25) is 0 Å². The highest BCUT2D eigenvalue weighted by molar-refractivity contribution is 7.88. The summed E-state index contributed by atoms with van der Waals surface area (Å²) >= 11 is 0. The summed E-state index contributed by atoms with van der Waals surface area (Å²) in [5.74, 6) is 0.809. The highest BCUT2D eigenvalue weighted by Gasteiger charge is 2.27. The second-order valence-electron chi connectivity index (χ2n) is 7.97. The van der Waals surface area contributed by atoms with Crippen LogP contribution in [0, 0.1) is 0 Å². The Morgan fingerprint density at radius 3 is 2.16 bits per heavy atom. The summed E-state index contributed by atoms with van der Waals surface area (Å²) in [5.41, 5.74) is 2.66. The number of hydrogen-bond acceptors (Lipinski definition) is 5. The Morgan fingerprint density at radius 2 is 1.44 bits per heavy atom. The molecule has 32 heavy (non-hydrogen) atoms. The highest BCUT2D eigenvalue weighted by Crippen LogP contribution is 2.24. The zero-order chi connectivity index (χ0) is 22.0. The van der Waals surface area contributed by atoms with E-state index in [9.17, 15) is 8.42 Å². The van der Waals surface area contributed by atoms with Gasteiger partial charge >= 0.3 is 0 Å². The van der Waals surface area contributed by atoms with Crippen LogP contribution in [0.25, 0.3) is 22.0 Å². The molecule has 2 heterocycles. The van der Waals surface area contributed by atoms with Crippen molar-refractivity contribution >= 4 is 26.6 Å². The van der Waals surface area contributed by atoms with Crippen LogP contribution >= 0.6 is 0 Å². The summed E-state index contributed by atoms with van der Waals surface area (Å²) in [6.07, 6.45) is 0. The summed E-state index contributed by atoms with van der Waals surface area (Å²) in [6.45, 7) is 2.09. The first-order chi connectivity index (χ1) is 15.6. The van der Waals surface area contributed by atoms with Crippen LogP contribution in [0.1, 0.15) is 5.56 Å². The number of anilines is 1. The molecule has 4 aromatic rings. The van der Waals surface area contributed by atoms with Crippen molar-refractivity contribution in [2.45, 2.75) is 5.75 Å². The number of aromatic nitrogens is 2. The molecule has 3 aromatic carbocycles. The Bertz CT molecular complexity index is 1320. The molecule has 0 atom stereocenters. The predicted molar refractivity (Wildman–Crippen MR) is 128 cm³/mol. The first-order valence-electron chi connectivity index (χ1n) is 10.7. The second-order valence-corrected chi connectivity index (χ2v) is 9.94. The Labute approximate surface area is 188 Å². The third kappa shape index (κ3) is 4.35. The van der Waals surface area contributed by atoms with Gasteiger partial charge in [-0.1, -0.05) is 66.7 Å². The monoisotopic (exact) mass is 444 g/mol. The van der Waals surface area contributed by atoms with Crippen LogP contribution in [-0.4, -0.2) is 49.1 Å². The quantitative estimate of drug-likeness (QED) is 0.466. The van der Waals surface area contributed by atoms with Gasteiger partial charge in [-0.15, -0.1) is 10.2 Å². The first-order valence-corrected chi connectivity index (χ1v) is 12.3. The zero-order valence-corrected chi connectivity index (χ0v) is 18.4. The van der Waals surface area contributed by atoms with Gasteiger partial charge < -0.3 is 4.90 Å². The molecule has 1 fully saturated rings. The lowest BCUT2D eigenvalue weighted by atomic mass is 10.1. The molecule has 1 aromatic heterocycles. The van der Waals surface area contributed by atoms with E-state index in [2.05, 4.69) is 45.4 Å². The molecule has 7 heteroatoms. The normalized spacial score (nSPS) is 15.2. The molecule has 0 unspecified atom stereocenters. The van der Waals surface area contributed by atoms with E-state index in [0.717, 1.165) is 22.6 Å². The Morgan fingerprint density at radius 1 is 0.719 bits per heavy atom. The van der Waals surface area contributed by atoms with Crippen LogP contribution in [0.15, 0.2) is 84.9 Å². The van der Waals surface area contributed by atoms with Gasteiger partial charge in [0.05, 0.1) is 11.4 Å². The molecular formula is C25H24N4O2S. The highest BCUT2D eigenvalue weighted by atomic mass is 32.2. The molecule has 0 N–H and O–H groups in total. The van der Waals surface area contributed by atoms with Gasteiger partial charge in [-0.25, -0.2) is 8.42 Å². The largest absolute Gasteiger partial charge is 0.352 e. The van der Waals surface area contributed by atoms with Gasteiger partial charge in [0.15, 0.2) is 5.82 Å². The lowest BCUT2D eigenvalue weighted by Crippen LogP contribution is -2.49. The number of piperazine rings is 1.